The van der Waals surface area contributed by atoms with Crippen molar-refractivity contribution >= 4 is 16.5 Å². The van der Waals surface area contributed by atoms with Gasteiger partial charge in [-0.1, -0.05) is 6.07 Å². The Hall–Kier alpha value is -3.34. The summed E-state index contributed by atoms with van der Waals surface area (Å²) in [6.45, 7) is 0. The molecular weight excluding hydrogens is 430 g/mol. The van der Waals surface area contributed by atoms with Crippen LogP contribution >= 0.6 is 16.5 Å². The molecule has 0 fully saturated rings. The molecule has 30 heavy (non-hydrogen) atoms. The lowest BCUT2D eigenvalue weighted by Crippen LogP contribution is -1.91. The van der Waals surface area contributed by atoms with Crippen molar-refractivity contribution in [2.24, 2.45) is 0 Å². The third-order valence-electron chi connectivity index (χ3n) is 3.64. The van der Waals surface area contributed by atoms with Gasteiger partial charge < -0.3 is 9.47 Å². The van der Waals surface area contributed by atoms with E-state index < -0.39 is 16.5 Å². The zero-order valence-electron chi connectivity index (χ0n) is 16.1. The minimum Gasteiger partial charge on any atom is -0.497 e. The Kier molecular flexibility index (Phi) is 7.44. The predicted octanol–water partition coefficient (Wildman–Crippen LogP) is 5.93. The summed E-state index contributed by atoms with van der Waals surface area (Å²) in [5.41, 5.74) is 0. The van der Waals surface area contributed by atoms with Crippen LogP contribution in [0.2, 0.25) is 0 Å². The van der Waals surface area contributed by atoms with E-state index in [2.05, 4.69) is 0 Å². The van der Waals surface area contributed by atoms with E-state index in [1.165, 1.54) is 6.07 Å². The number of ether oxygens (including phenoxy) is 2. The molecule has 3 rings (SSSR count). The third kappa shape index (κ3) is 6.34. The molecule has 0 saturated carbocycles. The Morgan fingerprint density at radius 2 is 0.833 bits per heavy atom. The molecule has 8 nitrogen and oxygen atoms in total. The number of methoxy groups -OCH3 is 2. The maximum Gasteiger partial charge on any atom is 0.805 e. The van der Waals surface area contributed by atoms with Crippen molar-refractivity contribution in [1.29, 1.82) is 0 Å². The SMILES string of the molecule is COc1ccc(O[P+](=O)Oc2cccc(O[P+](=O)Oc3ccc(OC)cc3)c2)cc1. The second kappa shape index (κ2) is 10.4. The van der Waals surface area contributed by atoms with Crippen LogP contribution in [0.25, 0.3) is 0 Å². The van der Waals surface area contributed by atoms with Crippen molar-refractivity contribution in [3.05, 3.63) is 72.8 Å². The zero-order valence-corrected chi connectivity index (χ0v) is 17.9. The summed E-state index contributed by atoms with van der Waals surface area (Å²) in [4.78, 5) is 0. The van der Waals surface area contributed by atoms with Crippen molar-refractivity contribution in [2.75, 3.05) is 14.2 Å². The van der Waals surface area contributed by atoms with Crippen molar-refractivity contribution < 1.29 is 36.7 Å². The molecular formula is C20H18O8P2+2. The van der Waals surface area contributed by atoms with Gasteiger partial charge in [-0.2, -0.15) is 0 Å². The van der Waals surface area contributed by atoms with Gasteiger partial charge in [-0.3, -0.25) is 0 Å². The standard InChI is InChI=1S/C20H18O8P2/c1-23-15-6-10-17(11-7-15)25-29(21)27-19-4-3-5-20(14-19)28-30(22)26-18-12-8-16(24-2)9-13-18/h3-14H,1-2H3/q+2. The monoisotopic (exact) mass is 448 g/mol. The third-order valence-corrected chi connectivity index (χ3v) is 5.08. The van der Waals surface area contributed by atoms with E-state index in [9.17, 15) is 9.13 Å². The average molecular weight is 448 g/mol. The van der Waals surface area contributed by atoms with Gasteiger partial charge in [0, 0.05) is 15.2 Å². The van der Waals surface area contributed by atoms with E-state index in [1.807, 2.05) is 0 Å². The first kappa shape index (κ1) is 21.4. The highest BCUT2D eigenvalue weighted by Crippen LogP contribution is 2.36. The fourth-order valence-electron chi connectivity index (χ4n) is 2.24. The van der Waals surface area contributed by atoms with Gasteiger partial charge in [-0.15, -0.1) is 0 Å². The maximum absolute atomic E-state index is 12.1. The van der Waals surface area contributed by atoms with E-state index in [-0.39, 0.29) is 11.5 Å². The molecule has 0 amide bonds. The number of benzene rings is 3. The molecule has 0 aliphatic carbocycles. The second-order valence-electron chi connectivity index (χ2n) is 5.64. The van der Waals surface area contributed by atoms with Gasteiger partial charge >= 0.3 is 16.5 Å². The molecule has 0 aliphatic heterocycles. The molecule has 0 N–H and O–H groups in total. The Balaban J connectivity index is 1.55. The van der Waals surface area contributed by atoms with Crippen LogP contribution in [0.1, 0.15) is 0 Å². The van der Waals surface area contributed by atoms with Crippen LogP contribution in [-0.2, 0) is 9.13 Å². The Morgan fingerprint density at radius 1 is 0.500 bits per heavy atom. The summed E-state index contributed by atoms with van der Waals surface area (Å²) in [7, 11) is -1.88. The molecule has 3 aromatic rings. The van der Waals surface area contributed by atoms with Gasteiger partial charge in [-0.05, 0) is 60.7 Å². The largest absolute Gasteiger partial charge is 0.805 e. The summed E-state index contributed by atoms with van der Waals surface area (Å²) in [5.74, 6) is 2.45. The molecule has 0 radical (unpaired) electrons. The molecule has 0 aromatic heterocycles. The van der Waals surface area contributed by atoms with Gasteiger partial charge in [0.1, 0.15) is 11.5 Å². The number of hydrogen-bond donors (Lipinski definition) is 0. The van der Waals surface area contributed by atoms with Crippen LogP contribution in [0.5, 0.6) is 34.5 Å². The molecule has 154 valence electrons. The lowest BCUT2D eigenvalue weighted by Gasteiger charge is -1.99. The molecule has 2 atom stereocenters. The van der Waals surface area contributed by atoms with Crippen LogP contribution in [0.4, 0.5) is 0 Å². The molecule has 3 aromatic carbocycles. The summed E-state index contributed by atoms with van der Waals surface area (Å²) in [6, 6.07) is 19.3. The summed E-state index contributed by atoms with van der Waals surface area (Å²) in [6.07, 6.45) is 0. The molecule has 0 bridgehead atoms. The van der Waals surface area contributed by atoms with Crippen molar-refractivity contribution in [2.45, 2.75) is 0 Å². The minimum atomic E-state index is -2.49. The lowest BCUT2D eigenvalue weighted by molar-refractivity contribution is 0.404. The van der Waals surface area contributed by atoms with Crippen LogP contribution < -0.4 is 27.6 Å². The van der Waals surface area contributed by atoms with Crippen LogP contribution in [0.15, 0.2) is 72.8 Å². The quantitative estimate of drug-likeness (QED) is 0.353. The van der Waals surface area contributed by atoms with Crippen molar-refractivity contribution in [1.82, 2.24) is 0 Å². The van der Waals surface area contributed by atoms with Crippen LogP contribution in [0, 0.1) is 0 Å². The van der Waals surface area contributed by atoms with Gasteiger partial charge in [-0.25, -0.2) is 18.1 Å². The van der Waals surface area contributed by atoms with Crippen LogP contribution in [0.3, 0.4) is 0 Å². The van der Waals surface area contributed by atoms with E-state index in [0.29, 0.717) is 23.0 Å². The minimum absolute atomic E-state index is 0.218. The highest BCUT2D eigenvalue weighted by molar-refractivity contribution is 7.34. The molecule has 0 aliphatic rings. The summed E-state index contributed by atoms with van der Waals surface area (Å²) < 4.78 is 55.3. The molecule has 2 unspecified atom stereocenters. The fourth-order valence-corrected chi connectivity index (χ4v) is 3.48. The highest BCUT2D eigenvalue weighted by Gasteiger charge is 2.27. The smallest absolute Gasteiger partial charge is 0.497 e. The fraction of sp³-hybridized carbons (Fsp3) is 0.100. The number of hydrogen-bond acceptors (Lipinski definition) is 8. The lowest BCUT2D eigenvalue weighted by atomic mass is 10.3. The first-order chi connectivity index (χ1) is 14.6. The van der Waals surface area contributed by atoms with Gasteiger partial charge in [0.2, 0.25) is 0 Å². The van der Waals surface area contributed by atoms with E-state index in [1.54, 1.807) is 80.9 Å². The number of rotatable bonds is 10. The Bertz CT molecular complexity index is 927. The van der Waals surface area contributed by atoms with E-state index >= 15 is 0 Å². The first-order valence-corrected chi connectivity index (χ1v) is 10.8. The Labute approximate surface area is 175 Å². The summed E-state index contributed by atoms with van der Waals surface area (Å²) in [5, 5.41) is 0. The van der Waals surface area contributed by atoms with Crippen molar-refractivity contribution in [3.8, 4) is 34.5 Å². The zero-order chi connectivity index (χ0) is 21.3. The average Bonchev–Trinajstić information content (AvgIpc) is 2.75. The predicted molar refractivity (Wildman–Crippen MR) is 110 cm³/mol. The maximum atomic E-state index is 12.1. The second-order valence-corrected chi connectivity index (χ2v) is 7.26. The highest BCUT2D eigenvalue weighted by atomic mass is 31.1. The van der Waals surface area contributed by atoms with Crippen molar-refractivity contribution in [3.63, 3.8) is 0 Å². The summed E-state index contributed by atoms with van der Waals surface area (Å²) >= 11 is 0. The molecule has 0 heterocycles. The first-order valence-electron chi connectivity index (χ1n) is 8.60. The molecule has 0 spiro atoms. The van der Waals surface area contributed by atoms with Crippen LogP contribution in [-0.4, -0.2) is 14.2 Å². The van der Waals surface area contributed by atoms with Gasteiger partial charge in [0.05, 0.1) is 14.2 Å². The van der Waals surface area contributed by atoms with Gasteiger partial charge in [0.15, 0.2) is 23.0 Å². The van der Waals surface area contributed by atoms with E-state index in [4.69, 9.17) is 27.6 Å². The molecule has 10 heteroatoms. The van der Waals surface area contributed by atoms with Gasteiger partial charge in [0.25, 0.3) is 0 Å². The normalized spacial score (nSPS) is 11.1. The Morgan fingerprint density at radius 3 is 1.20 bits per heavy atom. The molecule has 0 saturated heterocycles. The topological polar surface area (TPSA) is 89.5 Å². The van der Waals surface area contributed by atoms with E-state index in [0.717, 1.165) is 0 Å².